The van der Waals surface area contributed by atoms with E-state index < -0.39 is 30.5 Å². The van der Waals surface area contributed by atoms with Gasteiger partial charge in [-0.1, -0.05) is 5.69 Å². The van der Waals surface area contributed by atoms with Crippen LogP contribution in [-0.4, -0.2) is 49.7 Å². The van der Waals surface area contributed by atoms with Gasteiger partial charge in [0.25, 0.3) is 0 Å². The molecule has 11 heteroatoms. The monoisotopic (exact) mass is 454 g/mol. The van der Waals surface area contributed by atoms with Gasteiger partial charge >= 0.3 is 40.4 Å². The van der Waals surface area contributed by atoms with E-state index in [9.17, 15) is 14.4 Å². The Hall–Kier alpha value is -1.91. The predicted molar refractivity (Wildman–Crippen MR) is 52.2 cm³/mol. The van der Waals surface area contributed by atoms with Gasteiger partial charge in [0, 0.05) is 0 Å². The average molecular weight is 454 g/mol. The van der Waals surface area contributed by atoms with Crippen LogP contribution < -0.4 is 5.32 Å². The van der Waals surface area contributed by atoms with Gasteiger partial charge in [-0.3, -0.25) is 9.89 Å². The fourth-order valence-corrected chi connectivity index (χ4v) is 0.957. The normalized spacial score (nSPS) is 10.9. The molecule has 108 valence electrons. The predicted octanol–water partition coefficient (Wildman–Crippen LogP) is -1.24. The van der Waals surface area contributed by atoms with Crippen molar-refractivity contribution in [3.63, 3.8) is 0 Å². The van der Waals surface area contributed by atoms with Gasteiger partial charge in [0.2, 0.25) is 0 Å². The number of carbonyl (C=O) groups is 3. The first kappa shape index (κ1) is 17.1. The van der Waals surface area contributed by atoms with Crippen LogP contribution in [0, 0.1) is 6.20 Å². The molecule has 19 heavy (non-hydrogen) atoms. The molecule has 0 aliphatic heterocycles. The summed E-state index contributed by atoms with van der Waals surface area (Å²) in [7, 11) is 0. The number of carbonyl (C=O) groups excluding carboxylic acids is 1. The molecule has 0 aliphatic rings. The van der Waals surface area contributed by atoms with Crippen molar-refractivity contribution in [1.82, 2.24) is 20.7 Å². The molecule has 0 aromatic carbocycles. The summed E-state index contributed by atoms with van der Waals surface area (Å²) in [5.41, 5.74) is 0.287. The Morgan fingerprint density at radius 1 is 1.42 bits per heavy atom. The fourth-order valence-electron chi connectivity index (χ4n) is 0.957. The Balaban J connectivity index is 0.00000324. The summed E-state index contributed by atoms with van der Waals surface area (Å²) in [5.74, 6) is -2.82. The van der Waals surface area contributed by atoms with Gasteiger partial charge in [-0.15, -0.1) is 5.21 Å². The zero-order valence-corrected chi connectivity index (χ0v) is 11.4. The largest absolute Gasteiger partial charge is 1.00 e. The van der Waals surface area contributed by atoms with Gasteiger partial charge in [0.1, 0.15) is 12.6 Å². The number of carboxylic acid groups (broad SMARTS) is 2. The number of ether oxygens (including phenoxy) is 1. The minimum absolute atomic E-state index is 0. The molecule has 0 radical (unpaired) electrons. The Kier molecular flexibility index (Phi) is 7.41. The van der Waals surface area contributed by atoms with Gasteiger partial charge in [-0.05, 0) is 0 Å². The third-order valence-corrected chi connectivity index (χ3v) is 1.74. The van der Waals surface area contributed by atoms with Gasteiger partial charge in [0.15, 0.2) is 0 Å². The molecule has 0 saturated carbocycles. The maximum Gasteiger partial charge on any atom is 1.00 e. The summed E-state index contributed by atoms with van der Waals surface area (Å²) in [4.78, 5) is 32.2. The summed E-state index contributed by atoms with van der Waals surface area (Å²) < 4.78 is 4.60. The van der Waals surface area contributed by atoms with Crippen LogP contribution >= 0.6 is 0 Å². The Morgan fingerprint density at radius 3 is 2.58 bits per heavy atom. The van der Waals surface area contributed by atoms with Crippen LogP contribution in [-0.2, 0) is 43.3 Å². The smallest absolute Gasteiger partial charge is 0.481 e. The molecule has 0 bridgehead atoms. The summed E-state index contributed by atoms with van der Waals surface area (Å²) in [6, 6.07) is -1.56. The maximum absolute atomic E-state index is 11.2. The molecular formula is C8H9AuN4O6. The van der Waals surface area contributed by atoms with Crippen molar-refractivity contribution in [3.8, 4) is 0 Å². The molecule has 4 N–H and O–H groups in total. The Labute approximate surface area is 122 Å². The zero-order chi connectivity index (χ0) is 13.5. The number of hydrogen-bond donors (Lipinski definition) is 4. The second-order valence-electron chi connectivity index (χ2n) is 3.11. The van der Waals surface area contributed by atoms with E-state index in [1.807, 2.05) is 5.32 Å². The molecule has 0 fully saturated rings. The molecule has 10 nitrogen and oxygen atoms in total. The minimum Gasteiger partial charge on any atom is -0.481 e. The van der Waals surface area contributed by atoms with Crippen molar-refractivity contribution in [2.45, 2.75) is 19.1 Å². The molecule has 0 saturated heterocycles. The van der Waals surface area contributed by atoms with Crippen LogP contribution in [0.15, 0.2) is 0 Å². The topological polar surface area (TPSA) is 154 Å². The summed E-state index contributed by atoms with van der Waals surface area (Å²) in [6.07, 6.45) is 0.558. The maximum atomic E-state index is 11.2. The number of aliphatic carboxylic acids is 2. The summed E-state index contributed by atoms with van der Waals surface area (Å²) >= 11 is 0. The molecule has 1 aromatic heterocycles. The standard InChI is InChI=1S/C8H9N4O6.Au/c13-6(14)1-5(7(15)16)10-8(17)18-3-4-2-9-12-11-4;/h5H,1,3H2,(H,10,17)(H,13,14)(H,15,16)(H,9,11,12);/q-1;+1/t5-;/m1./s1. The van der Waals surface area contributed by atoms with Crippen LogP contribution in [0.25, 0.3) is 0 Å². The summed E-state index contributed by atoms with van der Waals surface area (Å²) in [5, 5.41) is 28.0. The van der Waals surface area contributed by atoms with Crippen LogP contribution in [0.2, 0.25) is 0 Å². The molecule has 0 spiro atoms. The van der Waals surface area contributed by atoms with E-state index in [1.54, 1.807) is 0 Å². The number of aromatic nitrogens is 3. The first-order valence-corrected chi connectivity index (χ1v) is 4.64. The van der Waals surface area contributed by atoms with E-state index in [0.717, 1.165) is 0 Å². The zero-order valence-electron chi connectivity index (χ0n) is 9.21. The number of amides is 1. The van der Waals surface area contributed by atoms with Crippen LogP contribution in [0.3, 0.4) is 0 Å². The number of rotatable bonds is 6. The fraction of sp³-hybridized carbons (Fsp3) is 0.375. The van der Waals surface area contributed by atoms with Crippen LogP contribution in [0.1, 0.15) is 12.1 Å². The Morgan fingerprint density at radius 2 is 2.11 bits per heavy atom. The number of nitrogens with one attached hydrogen (secondary N) is 2. The molecule has 0 unspecified atom stereocenters. The number of aromatic amines is 1. The summed E-state index contributed by atoms with van der Waals surface area (Å²) in [6.45, 7) is -0.238. The molecule has 1 aromatic rings. The van der Waals surface area contributed by atoms with Crippen LogP contribution in [0.5, 0.6) is 0 Å². The number of hydrogen-bond acceptors (Lipinski definition) is 6. The van der Waals surface area contributed by atoms with Gasteiger partial charge in [-0.2, -0.15) is 0 Å². The second-order valence-corrected chi connectivity index (χ2v) is 3.11. The van der Waals surface area contributed by atoms with Crippen molar-refractivity contribution in [2.24, 2.45) is 0 Å². The van der Waals surface area contributed by atoms with Gasteiger partial charge in [-0.25, -0.2) is 9.59 Å². The van der Waals surface area contributed by atoms with Crippen molar-refractivity contribution in [3.05, 3.63) is 11.9 Å². The van der Waals surface area contributed by atoms with E-state index in [4.69, 9.17) is 10.2 Å². The second kappa shape index (κ2) is 8.24. The SMILES string of the molecule is O=C(O)C[C@@H](NC(=O)OCc1[c-]nn[nH]1)C(=O)O.[Au+]. The number of carboxylic acids is 2. The third-order valence-electron chi connectivity index (χ3n) is 1.74. The van der Waals surface area contributed by atoms with E-state index in [2.05, 4.69) is 26.3 Å². The van der Waals surface area contributed by atoms with Crippen LogP contribution in [0.4, 0.5) is 4.79 Å². The van der Waals surface area contributed by atoms with E-state index in [0.29, 0.717) is 0 Å². The Bertz CT molecular complexity index is 436. The van der Waals surface area contributed by atoms with E-state index >= 15 is 0 Å². The molecule has 1 atom stereocenters. The van der Waals surface area contributed by atoms with Crippen molar-refractivity contribution >= 4 is 18.0 Å². The first-order chi connectivity index (χ1) is 8.49. The molecule has 1 amide bonds. The quantitative estimate of drug-likeness (QED) is 0.308. The third kappa shape index (κ3) is 6.55. The molecular weight excluding hydrogens is 445 g/mol. The number of H-pyrrole nitrogens is 1. The van der Waals surface area contributed by atoms with Crippen molar-refractivity contribution in [1.29, 1.82) is 0 Å². The first-order valence-electron chi connectivity index (χ1n) is 4.64. The van der Waals surface area contributed by atoms with E-state index in [1.165, 1.54) is 0 Å². The minimum atomic E-state index is -1.56. The number of nitrogens with zero attached hydrogens (tertiary/aromatic N) is 2. The molecule has 1 rings (SSSR count). The number of alkyl carbamates (subject to hydrolysis) is 1. The van der Waals surface area contributed by atoms with Crippen molar-refractivity contribution in [2.75, 3.05) is 0 Å². The van der Waals surface area contributed by atoms with Gasteiger partial charge < -0.3 is 31.6 Å². The van der Waals surface area contributed by atoms with Crippen molar-refractivity contribution < 1.29 is 51.7 Å². The van der Waals surface area contributed by atoms with Gasteiger partial charge in [0.05, 0.1) is 6.42 Å². The van der Waals surface area contributed by atoms with E-state index in [-0.39, 0.29) is 34.7 Å². The molecule has 0 aliphatic carbocycles. The molecule has 1 heterocycles. The average Bonchev–Trinajstić information content (AvgIpc) is 2.77.